The molecular formula is C14H16ClN. The zero-order chi connectivity index (χ0) is 10.1. The van der Waals surface area contributed by atoms with Crippen LogP contribution in [0, 0.1) is 0 Å². The van der Waals surface area contributed by atoms with Crippen LogP contribution in [0.3, 0.4) is 0 Å². The minimum atomic E-state index is 0. The van der Waals surface area contributed by atoms with Gasteiger partial charge in [0.25, 0.3) is 0 Å². The van der Waals surface area contributed by atoms with Crippen LogP contribution in [-0.2, 0) is 0 Å². The average molecular weight is 234 g/mol. The van der Waals surface area contributed by atoms with E-state index in [2.05, 4.69) is 47.2 Å². The second kappa shape index (κ2) is 4.75. The molecule has 0 atom stereocenters. The summed E-state index contributed by atoms with van der Waals surface area (Å²) in [5.41, 5.74) is 2.81. The van der Waals surface area contributed by atoms with Crippen LogP contribution in [-0.4, -0.2) is 4.57 Å². The van der Waals surface area contributed by atoms with Crippen LogP contribution in [0.15, 0.2) is 42.6 Å². The molecule has 16 heavy (non-hydrogen) atoms. The fourth-order valence-corrected chi connectivity index (χ4v) is 2.37. The van der Waals surface area contributed by atoms with Gasteiger partial charge in [0.2, 0.25) is 0 Å². The molecule has 1 nitrogen and oxygen atoms in total. The predicted molar refractivity (Wildman–Crippen MR) is 71.9 cm³/mol. The lowest BCUT2D eigenvalue weighted by atomic mass is 10.0. The van der Waals surface area contributed by atoms with Crippen molar-refractivity contribution in [3.05, 3.63) is 42.6 Å². The van der Waals surface area contributed by atoms with Gasteiger partial charge in [-0.2, -0.15) is 0 Å². The predicted octanol–water partition coefficient (Wildman–Crippen LogP) is 4.48. The Morgan fingerprint density at radius 1 is 1.00 bits per heavy atom. The SMILES string of the molecule is C1=C(n2ccc3ccccc32)CCCC1.Cl. The van der Waals surface area contributed by atoms with Crippen molar-refractivity contribution in [2.24, 2.45) is 0 Å². The molecule has 0 unspecified atom stereocenters. The van der Waals surface area contributed by atoms with Crippen molar-refractivity contribution in [1.29, 1.82) is 0 Å². The number of aromatic nitrogens is 1. The lowest BCUT2D eigenvalue weighted by Gasteiger charge is -2.14. The van der Waals surface area contributed by atoms with Crippen molar-refractivity contribution in [3.8, 4) is 0 Å². The fourth-order valence-electron chi connectivity index (χ4n) is 2.37. The molecule has 1 aliphatic rings. The first kappa shape index (κ1) is 11.3. The second-order valence-electron chi connectivity index (χ2n) is 4.19. The number of hydrogen-bond acceptors (Lipinski definition) is 0. The molecule has 2 aromatic rings. The smallest absolute Gasteiger partial charge is 0.0525 e. The van der Waals surface area contributed by atoms with Crippen LogP contribution in [0.4, 0.5) is 0 Å². The minimum absolute atomic E-state index is 0. The molecule has 1 heterocycles. The highest BCUT2D eigenvalue weighted by Crippen LogP contribution is 2.26. The van der Waals surface area contributed by atoms with E-state index in [1.54, 1.807) is 0 Å². The van der Waals surface area contributed by atoms with Gasteiger partial charge < -0.3 is 4.57 Å². The Hall–Kier alpha value is -1.21. The molecule has 0 bridgehead atoms. The Morgan fingerprint density at radius 2 is 1.88 bits per heavy atom. The topological polar surface area (TPSA) is 4.93 Å². The number of allylic oxidation sites excluding steroid dienone is 2. The van der Waals surface area contributed by atoms with E-state index in [0.29, 0.717) is 0 Å². The van der Waals surface area contributed by atoms with Gasteiger partial charge >= 0.3 is 0 Å². The molecule has 0 N–H and O–H groups in total. The van der Waals surface area contributed by atoms with Gasteiger partial charge in [-0.25, -0.2) is 0 Å². The molecule has 0 radical (unpaired) electrons. The van der Waals surface area contributed by atoms with E-state index in [9.17, 15) is 0 Å². The molecule has 0 spiro atoms. The monoisotopic (exact) mass is 233 g/mol. The Balaban J connectivity index is 0.000000963. The summed E-state index contributed by atoms with van der Waals surface area (Å²) in [6.45, 7) is 0. The summed E-state index contributed by atoms with van der Waals surface area (Å²) in [5, 5.41) is 1.34. The van der Waals surface area contributed by atoms with Crippen LogP contribution >= 0.6 is 12.4 Å². The second-order valence-corrected chi connectivity index (χ2v) is 4.19. The Bertz CT molecular complexity index is 510. The molecule has 1 aromatic heterocycles. The zero-order valence-corrected chi connectivity index (χ0v) is 10.0. The maximum Gasteiger partial charge on any atom is 0.0525 e. The Kier molecular flexibility index (Phi) is 3.35. The summed E-state index contributed by atoms with van der Waals surface area (Å²) in [4.78, 5) is 0. The van der Waals surface area contributed by atoms with Gasteiger partial charge in [0.15, 0.2) is 0 Å². The van der Waals surface area contributed by atoms with Crippen LogP contribution in [0.2, 0.25) is 0 Å². The van der Waals surface area contributed by atoms with Crippen molar-refractivity contribution in [1.82, 2.24) is 4.57 Å². The maximum absolute atomic E-state index is 2.38. The van der Waals surface area contributed by atoms with Gasteiger partial charge in [0.05, 0.1) is 5.52 Å². The normalized spacial score (nSPS) is 15.6. The molecule has 2 heteroatoms. The van der Waals surface area contributed by atoms with Gasteiger partial charge in [0, 0.05) is 11.9 Å². The van der Waals surface area contributed by atoms with Gasteiger partial charge in [-0.3, -0.25) is 0 Å². The summed E-state index contributed by atoms with van der Waals surface area (Å²) in [6, 6.07) is 10.8. The van der Waals surface area contributed by atoms with Crippen LogP contribution in [0.25, 0.3) is 16.6 Å². The molecule has 1 aliphatic carbocycles. The van der Waals surface area contributed by atoms with Gasteiger partial charge in [0.1, 0.15) is 0 Å². The highest BCUT2D eigenvalue weighted by molar-refractivity contribution is 5.85. The summed E-state index contributed by atoms with van der Waals surface area (Å²) in [5.74, 6) is 0. The largest absolute Gasteiger partial charge is 0.321 e. The Labute approximate surface area is 102 Å². The number of hydrogen-bond donors (Lipinski definition) is 0. The Morgan fingerprint density at radius 3 is 2.69 bits per heavy atom. The summed E-state index contributed by atoms with van der Waals surface area (Å²) < 4.78 is 2.34. The van der Waals surface area contributed by atoms with Gasteiger partial charge in [-0.15, -0.1) is 12.4 Å². The quantitative estimate of drug-likeness (QED) is 0.685. The highest BCUT2D eigenvalue weighted by atomic mass is 35.5. The van der Waals surface area contributed by atoms with Gasteiger partial charge in [-0.05, 0) is 43.2 Å². The molecule has 0 aliphatic heterocycles. The van der Waals surface area contributed by atoms with Gasteiger partial charge in [-0.1, -0.05) is 24.3 Å². The van der Waals surface area contributed by atoms with E-state index in [1.807, 2.05) is 0 Å². The number of para-hydroxylation sites is 1. The van der Waals surface area contributed by atoms with Crippen molar-refractivity contribution >= 4 is 29.0 Å². The molecule has 0 saturated heterocycles. The first-order valence-electron chi connectivity index (χ1n) is 5.71. The molecule has 0 amide bonds. The zero-order valence-electron chi connectivity index (χ0n) is 9.23. The van der Waals surface area contributed by atoms with Crippen LogP contribution in [0.5, 0.6) is 0 Å². The molecule has 0 fully saturated rings. The van der Waals surface area contributed by atoms with Crippen molar-refractivity contribution in [2.45, 2.75) is 25.7 Å². The number of fused-ring (bicyclic) bond motifs is 1. The highest BCUT2D eigenvalue weighted by Gasteiger charge is 2.07. The molecule has 84 valence electrons. The molecule has 0 saturated carbocycles. The molecule has 1 aromatic carbocycles. The van der Waals surface area contributed by atoms with E-state index < -0.39 is 0 Å². The standard InChI is InChI=1S/C14H15N.ClH/c1-2-7-13(8-3-1)15-11-10-12-6-4-5-9-14(12)15;/h4-7,9-11H,1-3,8H2;1H. The third-order valence-corrected chi connectivity index (χ3v) is 3.18. The van der Waals surface area contributed by atoms with E-state index in [1.165, 1.54) is 42.3 Å². The van der Waals surface area contributed by atoms with E-state index >= 15 is 0 Å². The lowest BCUT2D eigenvalue weighted by Crippen LogP contribution is -1.99. The van der Waals surface area contributed by atoms with Crippen LogP contribution in [0.1, 0.15) is 25.7 Å². The maximum atomic E-state index is 2.38. The lowest BCUT2D eigenvalue weighted by molar-refractivity contribution is 0.721. The average Bonchev–Trinajstić information content (AvgIpc) is 2.74. The third kappa shape index (κ3) is 1.88. The number of nitrogens with zero attached hydrogens (tertiary/aromatic N) is 1. The third-order valence-electron chi connectivity index (χ3n) is 3.18. The number of rotatable bonds is 1. The minimum Gasteiger partial charge on any atom is -0.321 e. The summed E-state index contributed by atoms with van der Waals surface area (Å²) in [7, 11) is 0. The fraction of sp³-hybridized carbons (Fsp3) is 0.286. The van der Waals surface area contributed by atoms with Crippen molar-refractivity contribution < 1.29 is 0 Å². The first-order chi connectivity index (χ1) is 7.45. The summed E-state index contributed by atoms with van der Waals surface area (Å²) in [6.07, 6.45) is 9.72. The van der Waals surface area contributed by atoms with E-state index in [-0.39, 0.29) is 12.4 Å². The van der Waals surface area contributed by atoms with E-state index in [0.717, 1.165) is 0 Å². The van der Waals surface area contributed by atoms with Crippen molar-refractivity contribution in [3.63, 3.8) is 0 Å². The molecular weight excluding hydrogens is 218 g/mol. The first-order valence-corrected chi connectivity index (χ1v) is 5.71. The van der Waals surface area contributed by atoms with Crippen molar-refractivity contribution in [2.75, 3.05) is 0 Å². The summed E-state index contributed by atoms with van der Waals surface area (Å²) >= 11 is 0. The van der Waals surface area contributed by atoms with Crippen LogP contribution < -0.4 is 0 Å². The number of benzene rings is 1. The molecule has 3 rings (SSSR count). The number of halogens is 1. The van der Waals surface area contributed by atoms with E-state index in [4.69, 9.17) is 0 Å².